The molecule has 3 amide bonds. The van der Waals surface area contributed by atoms with Gasteiger partial charge in [-0.25, -0.2) is 4.98 Å². The minimum Gasteiger partial charge on any atom is -0.391 e. The van der Waals surface area contributed by atoms with Gasteiger partial charge in [0.05, 0.1) is 22.2 Å². The van der Waals surface area contributed by atoms with Crippen LogP contribution in [0.3, 0.4) is 0 Å². The largest absolute Gasteiger partial charge is 0.391 e. The van der Waals surface area contributed by atoms with Crippen molar-refractivity contribution in [2.45, 2.75) is 91.5 Å². The van der Waals surface area contributed by atoms with E-state index in [0.29, 0.717) is 19.4 Å². The molecule has 9 heteroatoms. The SMILES string of the molecule is CCc1ccc(CCCC(=O)N[C@H](C(=O)N2C[C@H](O)C[C@H]2C(=O)NCc2ccc(-c3scnc3C)cc2)C(C)(C)C)cc1. The number of carbonyl (C=O) groups excluding carboxylic acids is 3. The highest BCUT2D eigenvalue weighted by Gasteiger charge is 2.44. The summed E-state index contributed by atoms with van der Waals surface area (Å²) in [5.41, 5.74) is 6.69. The Morgan fingerprint density at radius 2 is 1.70 bits per heavy atom. The number of aryl methyl sites for hydroxylation is 3. The predicted molar refractivity (Wildman–Crippen MR) is 170 cm³/mol. The molecule has 43 heavy (non-hydrogen) atoms. The van der Waals surface area contributed by atoms with Crippen LogP contribution in [0.2, 0.25) is 0 Å². The molecule has 1 aliphatic heterocycles. The molecular formula is C34H44N4O4S. The van der Waals surface area contributed by atoms with Crippen LogP contribution in [-0.4, -0.2) is 57.4 Å². The fourth-order valence-electron chi connectivity index (χ4n) is 5.41. The Morgan fingerprint density at radius 1 is 1.05 bits per heavy atom. The molecule has 1 aromatic heterocycles. The zero-order valence-electron chi connectivity index (χ0n) is 25.9. The van der Waals surface area contributed by atoms with Crippen LogP contribution >= 0.6 is 11.3 Å². The summed E-state index contributed by atoms with van der Waals surface area (Å²) in [6, 6.07) is 14.7. The van der Waals surface area contributed by atoms with Gasteiger partial charge in [-0.2, -0.15) is 0 Å². The molecule has 3 atom stereocenters. The summed E-state index contributed by atoms with van der Waals surface area (Å²) in [5.74, 6) is -0.867. The van der Waals surface area contributed by atoms with Gasteiger partial charge in [0.2, 0.25) is 17.7 Å². The third-order valence-corrected chi connectivity index (χ3v) is 8.99. The summed E-state index contributed by atoms with van der Waals surface area (Å²) < 4.78 is 0. The first-order chi connectivity index (χ1) is 20.5. The standard InChI is InChI=1S/C34H44N4O4S/c1-6-23-10-12-24(13-11-23)8-7-9-29(40)37-31(34(3,4)5)33(42)38-20-27(39)18-28(38)32(41)35-19-25-14-16-26(17-15-25)30-22(2)36-21-43-30/h10-17,21,27-28,31,39H,6-9,18-20H2,1-5H3,(H,35,41)(H,37,40)/t27-,28+,31-/m1/s1. The smallest absolute Gasteiger partial charge is 0.246 e. The maximum Gasteiger partial charge on any atom is 0.246 e. The summed E-state index contributed by atoms with van der Waals surface area (Å²) in [4.78, 5) is 46.9. The summed E-state index contributed by atoms with van der Waals surface area (Å²) in [6.07, 6.45) is 2.08. The number of hydrogen-bond donors (Lipinski definition) is 3. The second-order valence-electron chi connectivity index (χ2n) is 12.5. The van der Waals surface area contributed by atoms with Gasteiger partial charge >= 0.3 is 0 Å². The fourth-order valence-corrected chi connectivity index (χ4v) is 6.22. The van der Waals surface area contributed by atoms with Gasteiger partial charge in [-0.1, -0.05) is 76.2 Å². The quantitative estimate of drug-likeness (QED) is 0.291. The van der Waals surface area contributed by atoms with Crippen molar-refractivity contribution >= 4 is 29.1 Å². The lowest BCUT2D eigenvalue weighted by molar-refractivity contribution is -0.144. The Balaban J connectivity index is 1.34. The molecule has 2 heterocycles. The molecule has 0 spiro atoms. The van der Waals surface area contributed by atoms with Crippen LogP contribution in [0.25, 0.3) is 10.4 Å². The number of thiazole rings is 1. The van der Waals surface area contributed by atoms with Gasteiger partial charge in [-0.15, -0.1) is 11.3 Å². The number of nitrogens with zero attached hydrogens (tertiary/aromatic N) is 2. The predicted octanol–water partition coefficient (Wildman–Crippen LogP) is 4.81. The first-order valence-electron chi connectivity index (χ1n) is 15.1. The van der Waals surface area contributed by atoms with Crippen molar-refractivity contribution in [2.75, 3.05) is 6.54 Å². The van der Waals surface area contributed by atoms with Crippen molar-refractivity contribution in [1.29, 1.82) is 0 Å². The minimum absolute atomic E-state index is 0.0516. The Hall–Kier alpha value is -3.56. The van der Waals surface area contributed by atoms with Gasteiger partial charge in [0.15, 0.2) is 0 Å². The maximum atomic E-state index is 13.8. The third-order valence-electron chi connectivity index (χ3n) is 8.01. The summed E-state index contributed by atoms with van der Waals surface area (Å²) >= 11 is 1.59. The van der Waals surface area contributed by atoms with Crippen LogP contribution in [0.5, 0.6) is 0 Å². The zero-order valence-corrected chi connectivity index (χ0v) is 26.7. The molecule has 230 valence electrons. The molecule has 1 fully saturated rings. The second kappa shape index (κ2) is 14.3. The number of hydrogen-bond acceptors (Lipinski definition) is 6. The lowest BCUT2D eigenvalue weighted by Crippen LogP contribution is -2.57. The highest BCUT2D eigenvalue weighted by Crippen LogP contribution is 2.28. The molecule has 0 unspecified atom stereocenters. The van der Waals surface area contributed by atoms with Crippen LogP contribution in [0.1, 0.15) is 69.3 Å². The first-order valence-corrected chi connectivity index (χ1v) is 16.0. The van der Waals surface area contributed by atoms with Gasteiger partial charge in [0, 0.05) is 25.9 Å². The van der Waals surface area contributed by atoms with E-state index in [1.807, 2.05) is 57.5 Å². The number of carbonyl (C=O) groups is 3. The Labute approximate surface area is 258 Å². The van der Waals surface area contributed by atoms with E-state index < -0.39 is 23.6 Å². The number of likely N-dealkylation sites (tertiary alicyclic amines) is 1. The summed E-state index contributed by atoms with van der Waals surface area (Å²) in [5, 5.41) is 16.3. The average Bonchev–Trinajstić information content (AvgIpc) is 3.59. The second-order valence-corrected chi connectivity index (χ2v) is 13.3. The van der Waals surface area contributed by atoms with E-state index in [9.17, 15) is 19.5 Å². The number of benzene rings is 2. The number of β-amino-alcohol motifs (C(OH)–C–C–N with tert-alkyl or cyclic N) is 1. The lowest BCUT2D eigenvalue weighted by Gasteiger charge is -2.35. The number of aromatic nitrogens is 1. The van der Waals surface area contributed by atoms with E-state index in [1.165, 1.54) is 16.0 Å². The number of aliphatic hydroxyl groups excluding tert-OH is 1. The third kappa shape index (κ3) is 8.51. The van der Waals surface area contributed by atoms with E-state index in [-0.39, 0.29) is 30.7 Å². The van der Waals surface area contributed by atoms with Crippen LogP contribution < -0.4 is 10.6 Å². The molecule has 0 saturated carbocycles. The fraction of sp³-hybridized carbons (Fsp3) is 0.471. The molecule has 3 N–H and O–H groups in total. The summed E-state index contributed by atoms with van der Waals surface area (Å²) in [7, 11) is 0. The van der Waals surface area contributed by atoms with Crippen LogP contribution in [0.4, 0.5) is 0 Å². The number of amides is 3. The monoisotopic (exact) mass is 604 g/mol. The molecule has 1 aliphatic rings. The molecular weight excluding hydrogens is 560 g/mol. The average molecular weight is 605 g/mol. The van der Waals surface area contributed by atoms with Crippen molar-refractivity contribution in [3.63, 3.8) is 0 Å². The van der Waals surface area contributed by atoms with E-state index in [0.717, 1.165) is 34.5 Å². The molecule has 0 radical (unpaired) electrons. The normalized spacial score (nSPS) is 17.5. The molecule has 0 bridgehead atoms. The Bertz CT molecular complexity index is 1390. The number of aliphatic hydroxyl groups is 1. The number of nitrogens with one attached hydrogen (secondary N) is 2. The Kier molecular flexibility index (Phi) is 10.7. The summed E-state index contributed by atoms with van der Waals surface area (Å²) in [6.45, 7) is 10.1. The minimum atomic E-state index is -0.827. The van der Waals surface area contributed by atoms with Gasteiger partial charge in [-0.05, 0) is 53.9 Å². The molecule has 3 aromatic rings. The zero-order chi connectivity index (χ0) is 31.1. The van der Waals surface area contributed by atoms with Crippen molar-refractivity contribution in [2.24, 2.45) is 5.41 Å². The van der Waals surface area contributed by atoms with Crippen molar-refractivity contribution in [3.05, 3.63) is 76.4 Å². The van der Waals surface area contributed by atoms with Gasteiger partial charge < -0.3 is 20.6 Å². The van der Waals surface area contributed by atoms with Crippen LogP contribution in [0.15, 0.2) is 54.0 Å². The van der Waals surface area contributed by atoms with E-state index in [1.54, 1.807) is 11.3 Å². The topological polar surface area (TPSA) is 112 Å². The van der Waals surface area contributed by atoms with E-state index in [4.69, 9.17) is 0 Å². The van der Waals surface area contributed by atoms with E-state index >= 15 is 0 Å². The van der Waals surface area contributed by atoms with E-state index in [2.05, 4.69) is 46.8 Å². The number of rotatable bonds is 11. The highest BCUT2D eigenvalue weighted by molar-refractivity contribution is 7.13. The Morgan fingerprint density at radius 3 is 2.30 bits per heavy atom. The first kappa shape index (κ1) is 32.4. The van der Waals surface area contributed by atoms with Crippen molar-refractivity contribution in [3.8, 4) is 10.4 Å². The van der Waals surface area contributed by atoms with Gasteiger partial charge in [0.1, 0.15) is 12.1 Å². The molecule has 1 saturated heterocycles. The molecule has 4 rings (SSSR count). The molecule has 0 aliphatic carbocycles. The maximum absolute atomic E-state index is 13.8. The van der Waals surface area contributed by atoms with Gasteiger partial charge in [0.25, 0.3) is 0 Å². The lowest BCUT2D eigenvalue weighted by atomic mass is 9.85. The highest BCUT2D eigenvalue weighted by atomic mass is 32.1. The molecule has 8 nitrogen and oxygen atoms in total. The van der Waals surface area contributed by atoms with Crippen LogP contribution in [0, 0.1) is 12.3 Å². The van der Waals surface area contributed by atoms with Crippen molar-refractivity contribution < 1.29 is 19.5 Å². The molecule has 2 aromatic carbocycles. The van der Waals surface area contributed by atoms with Crippen LogP contribution in [-0.2, 0) is 33.8 Å². The van der Waals surface area contributed by atoms with Gasteiger partial charge in [-0.3, -0.25) is 14.4 Å². The van der Waals surface area contributed by atoms with Crippen molar-refractivity contribution in [1.82, 2.24) is 20.5 Å².